The van der Waals surface area contributed by atoms with Crippen LogP contribution in [0.25, 0.3) is 10.8 Å². The number of hydrogen-bond donors (Lipinski definition) is 0. The molecule has 0 N–H and O–H groups in total. The molecule has 0 rings (SSSR count). The normalized spacial score (nSPS) is 5.52. The number of carbonyl (C=O) groups excluding carboxylic acids is 1. The Hall–Kier alpha value is 6.12. The Morgan fingerprint density at radius 3 is 1.13 bits per heavy atom. The van der Waals surface area contributed by atoms with Crippen LogP contribution in [0.2, 0.25) is 0 Å². The minimum Gasteiger partial charge on any atom is 0 e. The molecule has 0 spiro atoms. The maximum atomic E-state index is 11.6. The average molecular weight is 2190 g/mol. The summed E-state index contributed by atoms with van der Waals surface area (Å²) in [5.41, 5.74) is -0.254. The summed E-state index contributed by atoms with van der Waals surface area (Å²) >= 11 is 2.12. The maximum absolute atomic E-state index is 11.6. The van der Waals surface area contributed by atoms with E-state index in [0.29, 0.717) is 7.92 Å². The molecule has 0 saturated heterocycles. The molecule has 0 fully saturated rings. The molecule has 0 aromatic carbocycles. The van der Waals surface area contributed by atoms with Crippen LogP contribution in [-0.2, 0) is 233 Å². The average Bonchev–Trinajstić information content (AvgIpc) is 2.03. The number of nitrogens with zero attached hydrogens (tertiary/aromatic N) is 3. The van der Waals surface area contributed by atoms with Crippen molar-refractivity contribution in [1.29, 1.82) is 0 Å². The van der Waals surface area contributed by atoms with Gasteiger partial charge in [0.1, 0.15) is 0 Å². The minimum absolute atomic E-state index is 0. The van der Waals surface area contributed by atoms with Gasteiger partial charge in [-0.25, -0.2) is 0 Å². The topological polar surface area (TPSA) is 64.9 Å². The van der Waals surface area contributed by atoms with Crippen molar-refractivity contribution < 1.29 is 233 Å². The standard InChI is InChI=1S/C8H9N3O.11W/c1-4-7(12)11(5-2)8(10)6(3)9;;;;;;;;;;;/h1-3H3;;;;;;;;;;;/q-2;;;;;;;;;;;. The zero-order chi connectivity index (χ0) is 11.5. The molecule has 23 heavy (non-hydrogen) atoms. The summed E-state index contributed by atoms with van der Waals surface area (Å²) in [6.45, 7) is 4.76. The van der Waals surface area contributed by atoms with Gasteiger partial charge in [-0.1, -0.05) is 0 Å². The van der Waals surface area contributed by atoms with E-state index in [1.165, 1.54) is 6.92 Å². The summed E-state index contributed by atoms with van der Waals surface area (Å²) in [5.74, 6) is -0.651. The van der Waals surface area contributed by atoms with Crippen LogP contribution in [0.3, 0.4) is 0 Å². The Bertz CT molecular complexity index is 324. The summed E-state index contributed by atoms with van der Waals surface area (Å²) in [4.78, 5) is 12.8. The van der Waals surface area contributed by atoms with Gasteiger partial charge >= 0.3 is 105 Å². The molecule has 1 amide bonds. The molecular weight excluding hydrogens is 2180 g/mol. The monoisotopic (exact) mass is 2190 g/mol. The molecule has 0 saturated carbocycles. The maximum Gasteiger partial charge on any atom is 0 e. The Kier molecular flexibility index (Phi) is 97.4. The second-order valence-electron chi connectivity index (χ2n) is 2.62. The van der Waals surface area contributed by atoms with Crippen LogP contribution in [0.15, 0.2) is 0 Å². The number of amidine groups is 1. The van der Waals surface area contributed by atoms with Gasteiger partial charge in [-0.3, -0.25) is 0 Å². The number of rotatable bonds is 3. The summed E-state index contributed by atoms with van der Waals surface area (Å²) in [6.07, 6.45) is 0. The molecule has 0 aromatic rings. The van der Waals surface area contributed by atoms with Crippen molar-refractivity contribution in [3.05, 3.63) is 10.8 Å². The van der Waals surface area contributed by atoms with Gasteiger partial charge < -0.3 is 0 Å². The third-order valence-corrected chi connectivity index (χ3v) is 2.64. The van der Waals surface area contributed by atoms with Crippen molar-refractivity contribution in [2.24, 2.45) is 0 Å². The van der Waals surface area contributed by atoms with Gasteiger partial charge in [-0.2, -0.15) is 0 Å². The van der Waals surface area contributed by atoms with Crippen LogP contribution in [0.1, 0.15) is 20.8 Å². The predicted molar refractivity (Wildman–Crippen MR) is 50.6 cm³/mol. The van der Waals surface area contributed by atoms with Crippen LogP contribution in [0, 0.1) is 0 Å². The molecule has 0 heterocycles. The van der Waals surface area contributed by atoms with E-state index in [0.717, 1.165) is 43.6 Å². The molecule has 0 aliphatic carbocycles. The van der Waals surface area contributed by atoms with E-state index in [4.69, 9.17) is 5.41 Å². The van der Waals surface area contributed by atoms with Gasteiger partial charge in [-0.05, 0) is 0 Å². The third-order valence-electron chi connectivity index (χ3n) is 1.35. The Balaban J connectivity index is -0.0000000235. The molecular formula is C8H9N3OW11-2. The van der Waals surface area contributed by atoms with Gasteiger partial charge in [0.05, 0.1) is 0 Å². The van der Waals surface area contributed by atoms with E-state index >= 15 is 0 Å². The largest absolute Gasteiger partial charge is 0 e. The molecule has 0 bridgehead atoms. The molecule has 4 nitrogen and oxygen atoms in total. The minimum atomic E-state index is -0.386. The van der Waals surface area contributed by atoms with E-state index in [1.807, 2.05) is 0 Å². The Morgan fingerprint density at radius 2 is 1.00 bits per heavy atom. The predicted octanol–water partition coefficient (Wildman–Crippen LogP) is 0.226. The van der Waals surface area contributed by atoms with Crippen LogP contribution < -0.4 is 0 Å². The third kappa shape index (κ3) is 28.1. The first kappa shape index (κ1) is 63.0. The molecule has 130 valence electrons. The van der Waals surface area contributed by atoms with Crippen LogP contribution in [0.5, 0.6) is 0 Å². The van der Waals surface area contributed by atoms with Gasteiger partial charge in [0, 0.05) is 190 Å². The zero-order valence-electron chi connectivity index (χ0n) is 11.7. The Morgan fingerprint density at radius 1 is 0.739 bits per heavy atom. The van der Waals surface area contributed by atoms with Gasteiger partial charge in [0.15, 0.2) is 0 Å². The fraction of sp³-hybridized carbons (Fsp3) is 0.375. The van der Waals surface area contributed by atoms with E-state index in [9.17, 15) is 10.2 Å². The fourth-order valence-corrected chi connectivity index (χ4v) is 1.64. The smallest absolute Gasteiger partial charge is 0 e. The molecule has 0 aromatic heterocycles. The quantitative estimate of drug-likeness (QED) is 0.296. The summed E-state index contributed by atoms with van der Waals surface area (Å²) in [6, 6.07) is 0. The summed E-state index contributed by atoms with van der Waals surface area (Å²) in [5, 5.41) is 18.6. The first-order chi connectivity index (χ1) is 6.29. The van der Waals surface area contributed by atoms with Crippen molar-refractivity contribution >= 4 is 25.4 Å². The van der Waals surface area contributed by atoms with Crippen molar-refractivity contribution in [3.8, 4) is 0 Å². The van der Waals surface area contributed by atoms with Crippen LogP contribution in [0.4, 0.5) is 0 Å². The zero-order valence-corrected chi connectivity index (χ0v) is 44.0. The SMILES string of the molecule is CC(=[N-])C(=[N-])N(C(=O)[C](C)=[W])[C](C)=[W].[W].[W].[W].[W].[W].[W].[W].[W].[W]. The first-order valence-electron chi connectivity index (χ1n) is 3.73. The fourth-order valence-electron chi connectivity index (χ4n) is 0.708. The second kappa shape index (κ2) is 35.6. The van der Waals surface area contributed by atoms with Gasteiger partial charge in [-0.15, -0.1) is 0 Å². The van der Waals surface area contributed by atoms with Crippen molar-refractivity contribution in [2.75, 3.05) is 0 Å². The summed E-state index contributed by atoms with van der Waals surface area (Å²) in [7, 11) is 0. The molecule has 0 atom stereocenters. The molecule has 0 aliphatic rings. The first-order valence-corrected chi connectivity index (χ1v) is 6.66. The molecule has 0 aliphatic heterocycles. The van der Waals surface area contributed by atoms with Crippen LogP contribution in [-0.4, -0.2) is 30.3 Å². The van der Waals surface area contributed by atoms with Crippen molar-refractivity contribution in [3.63, 3.8) is 0 Å². The van der Waals surface area contributed by atoms with Gasteiger partial charge in [0.25, 0.3) is 0 Å². The summed E-state index contributed by atoms with van der Waals surface area (Å²) < 4.78 is 1.33. The van der Waals surface area contributed by atoms with E-state index < -0.39 is 0 Å². The molecule has 0 unspecified atom stereocenters. The van der Waals surface area contributed by atoms with E-state index in [1.54, 1.807) is 13.8 Å². The van der Waals surface area contributed by atoms with Gasteiger partial charge in [0.2, 0.25) is 0 Å². The second-order valence-corrected chi connectivity index (χ2v) is 6.95. The van der Waals surface area contributed by atoms with Crippen molar-refractivity contribution in [1.82, 2.24) is 4.90 Å². The van der Waals surface area contributed by atoms with Crippen molar-refractivity contribution in [2.45, 2.75) is 20.8 Å². The molecule has 15 heteroatoms. The number of hydrogen-bond acceptors (Lipinski definition) is 1. The number of carbonyl (C=O) groups is 1. The van der Waals surface area contributed by atoms with Crippen LogP contribution >= 0.6 is 0 Å². The van der Waals surface area contributed by atoms with E-state index in [-0.39, 0.29) is 207 Å². The number of amides is 1. The van der Waals surface area contributed by atoms with E-state index in [2.05, 4.69) is 0 Å². The molecule has 0 radical (unpaired) electrons. The Labute approximate surface area is 288 Å².